The molecule has 0 aliphatic carbocycles. The molecule has 4 nitrogen and oxygen atoms in total. The molecule has 0 atom stereocenters. The highest BCUT2D eigenvalue weighted by Gasteiger charge is 2.17. The van der Waals surface area contributed by atoms with E-state index in [1.807, 2.05) is 23.1 Å². The molecule has 1 aliphatic heterocycles. The van der Waals surface area contributed by atoms with E-state index in [1.165, 1.54) is 31.5 Å². The zero-order valence-corrected chi connectivity index (χ0v) is 12.6. The average molecular weight is 285 g/mol. The number of hydrogen-bond donors (Lipinski definition) is 0. The van der Waals surface area contributed by atoms with Crippen LogP contribution in [0.1, 0.15) is 18.4 Å². The number of rotatable bonds is 5. The van der Waals surface area contributed by atoms with Crippen LogP contribution in [-0.2, 0) is 6.54 Å². The van der Waals surface area contributed by atoms with Crippen LogP contribution in [0.2, 0.25) is 0 Å². The summed E-state index contributed by atoms with van der Waals surface area (Å²) in [6.45, 7) is 3.96. The molecule has 1 fully saturated rings. The maximum atomic E-state index is 5.90. The molecule has 1 saturated heterocycles. The van der Waals surface area contributed by atoms with Crippen molar-refractivity contribution in [3.8, 4) is 5.75 Å². The smallest absolute Gasteiger partial charge is 0.157 e. The summed E-state index contributed by atoms with van der Waals surface area (Å²) < 4.78 is 7.83. The Labute approximate surface area is 126 Å². The molecule has 0 unspecified atom stereocenters. The SMILES string of the molecule is CN1CCC(COc2cnn(Cc3ccccc3)c2)CC1. The maximum absolute atomic E-state index is 5.90. The highest BCUT2D eigenvalue weighted by Crippen LogP contribution is 2.18. The fraction of sp³-hybridized carbons (Fsp3) is 0.471. The number of nitrogens with zero attached hydrogens (tertiary/aromatic N) is 3. The van der Waals surface area contributed by atoms with Gasteiger partial charge in [0.2, 0.25) is 0 Å². The van der Waals surface area contributed by atoms with E-state index >= 15 is 0 Å². The van der Waals surface area contributed by atoms with Crippen LogP contribution in [0.3, 0.4) is 0 Å². The van der Waals surface area contributed by atoms with E-state index in [1.54, 1.807) is 0 Å². The Morgan fingerprint density at radius 3 is 2.71 bits per heavy atom. The summed E-state index contributed by atoms with van der Waals surface area (Å²) in [4.78, 5) is 2.38. The van der Waals surface area contributed by atoms with E-state index in [0.29, 0.717) is 5.92 Å². The van der Waals surface area contributed by atoms with E-state index in [0.717, 1.165) is 18.9 Å². The first-order valence-corrected chi connectivity index (χ1v) is 7.67. The second kappa shape index (κ2) is 6.76. The van der Waals surface area contributed by atoms with Gasteiger partial charge < -0.3 is 9.64 Å². The van der Waals surface area contributed by atoms with Crippen LogP contribution < -0.4 is 4.74 Å². The molecule has 21 heavy (non-hydrogen) atoms. The van der Waals surface area contributed by atoms with Crippen molar-refractivity contribution < 1.29 is 4.74 Å². The van der Waals surface area contributed by atoms with Gasteiger partial charge in [0.05, 0.1) is 25.5 Å². The third-order valence-electron chi connectivity index (χ3n) is 4.12. The first-order valence-electron chi connectivity index (χ1n) is 7.67. The van der Waals surface area contributed by atoms with Crippen LogP contribution in [0.25, 0.3) is 0 Å². The number of likely N-dealkylation sites (tertiary alicyclic amines) is 1. The van der Waals surface area contributed by atoms with Crippen molar-refractivity contribution in [1.29, 1.82) is 0 Å². The summed E-state index contributed by atoms with van der Waals surface area (Å²) in [5.74, 6) is 1.56. The van der Waals surface area contributed by atoms with E-state index in [-0.39, 0.29) is 0 Å². The normalized spacial score (nSPS) is 17.0. The van der Waals surface area contributed by atoms with Crippen molar-refractivity contribution in [3.63, 3.8) is 0 Å². The van der Waals surface area contributed by atoms with Crippen LogP contribution in [0.4, 0.5) is 0 Å². The van der Waals surface area contributed by atoms with Crippen LogP contribution in [0.15, 0.2) is 42.7 Å². The van der Waals surface area contributed by atoms with Gasteiger partial charge in [0, 0.05) is 0 Å². The quantitative estimate of drug-likeness (QED) is 0.846. The Kier molecular flexibility index (Phi) is 4.55. The van der Waals surface area contributed by atoms with Crippen molar-refractivity contribution in [2.75, 3.05) is 26.7 Å². The van der Waals surface area contributed by atoms with Crippen LogP contribution in [0.5, 0.6) is 5.75 Å². The third-order valence-corrected chi connectivity index (χ3v) is 4.12. The first kappa shape index (κ1) is 14.1. The molecule has 4 heteroatoms. The Morgan fingerprint density at radius 2 is 1.95 bits per heavy atom. The monoisotopic (exact) mass is 285 g/mol. The summed E-state index contributed by atoms with van der Waals surface area (Å²) in [6, 6.07) is 10.4. The Balaban J connectivity index is 1.49. The van der Waals surface area contributed by atoms with E-state index < -0.39 is 0 Å². The number of hydrogen-bond acceptors (Lipinski definition) is 3. The van der Waals surface area contributed by atoms with Crippen LogP contribution >= 0.6 is 0 Å². The fourth-order valence-corrected chi connectivity index (χ4v) is 2.72. The van der Waals surface area contributed by atoms with Crippen molar-refractivity contribution in [2.45, 2.75) is 19.4 Å². The van der Waals surface area contributed by atoms with Crippen molar-refractivity contribution >= 4 is 0 Å². The van der Waals surface area contributed by atoms with Crippen LogP contribution in [-0.4, -0.2) is 41.4 Å². The largest absolute Gasteiger partial charge is 0.490 e. The fourth-order valence-electron chi connectivity index (χ4n) is 2.72. The second-order valence-electron chi connectivity index (χ2n) is 5.92. The van der Waals surface area contributed by atoms with Gasteiger partial charge in [-0.15, -0.1) is 0 Å². The van der Waals surface area contributed by atoms with Gasteiger partial charge in [0.1, 0.15) is 0 Å². The molecule has 112 valence electrons. The van der Waals surface area contributed by atoms with Crippen molar-refractivity contribution in [3.05, 3.63) is 48.3 Å². The lowest BCUT2D eigenvalue weighted by Crippen LogP contribution is -2.32. The highest BCUT2D eigenvalue weighted by atomic mass is 16.5. The summed E-state index contributed by atoms with van der Waals surface area (Å²) in [7, 11) is 2.19. The van der Waals surface area contributed by atoms with Gasteiger partial charge in [0.15, 0.2) is 5.75 Å². The molecule has 3 rings (SSSR count). The van der Waals surface area contributed by atoms with Gasteiger partial charge in [-0.25, -0.2) is 0 Å². The standard InChI is InChI=1S/C17H23N3O/c1-19-9-7-16(8-10-19)14-21-17-11-18-20(13-17)12-15-5-3-2-4-6-15/h2-6,11,13,16H,7-10,12,14H2,1H3. The average Bonchev–Trinajstić information content (AvgIpc) is 2.95. The van der Waals surface area contributed by atoms with E-state index in [2.05, 4.69) is 41.3 Å². The molecule has 0 radical (unpaired) electrons. The minimum Gasteiger partial charge on any atom is -0.490 e. The predicted molar refractivity (Wildman–Crippen MR) is 83.5 cm³/mol. The van der Waals surface area contributed by atoms with Gasteiger partial charge in [0.25, 0.3) is 0 Å². The zero-order chi connectivity index (χ0) is 14.5. The van der Waals surface area contributed by atoms with Gasteiger partial charge in [-0.1, -0.05) is 30.3 Å². The van der Waals surface area contributed by atoms with Gasteiger partial charge in [-0.3, -0.25) is 4.68 Å². The van der Waals surface area contributed by atoms with Crippen molar-refractivity contribution in [1.82, 2.24) is 14.7 Å². The summed E-state index contributed by atoms with van der Waals surface area (Å²) in [6.07, 6.45) is 6.27. The summed E-state index contributed by atoms with van der Waals surface area (Å²) in [5.41, 5.74) is 1.25. The Bertz CT molecular complexity index is 544. The lowest BCUT2D eigenvalue weighted by molar-refractivity contribution is 0.160. The summed E-state index contributed by atoms with van der Waals surface area (Å²) in [5, 5.41) is 4.37. The van der Waals surface area contributed by atoms with Crippen molar-refractivity contribution in [2.24, 2.45) is 5.92 Å². The molecule has 0 N–H and O–H groups in total. The molecule has 0 spiro atoms. The molecule has 0 amide bonds. The second-order valence-corrected chi connectivity index (χ2v) is 5.92. The van der Waals surface area contributed by atoms with E-state index in [4.69, 9.17) is 4.74 Å². The topological polar surface area (TPSA) is 30.3 Å². The minimum atomic E-state index is 0.679. The highest BCUT2D eigenvalue weighted by molar-refractivity contribution is 5.17. The molecule has 2 heterocycles. The maximum Gasteiger partial charge on any atom is 0.157 e. The molecule has 1 aromatic heterocycles. The van der Waals surface area contributed by atoms with Gasteiger partial charge in [-0.05, 0) is 44.5 Å². The number of ether oxygens (including phenoxy) is 1. The summed E-state index contributed by atoms with van der Waals surface area (Å²) >= 11 is 0. The zero-order valence-electron chi connectivity index (χ0n) is 12.6. The minimum absolute atomic E-state index is 0.679. The molecule has 1 aliphatic rings. The Morgan fingerprint density at radius 1 is 1.19 bits per heavy atom. The number of piperidine rings is 1. The Hall–Kier alpha value is -1.81. The lowest BCUT2D eigenvalue weighted by atomic mass is 9.98. The lowest BCUT2D eigenvalue weighted by Gasteiger charge is -2.28. The number of benzene rings is 1. The first-order chi connectivity index (χ1) is 10.3. The third kappa shape index (κ3) is 4.08. The van der Waals surface area contributed by atoms with Gasteiger partial charge >= 0.3 is 0 Å². The molecule has 2 aromatic rings. The molecule has 0 bridgehead atoms. The predicted octanol–water partition coefficient (Wildman–Crippen LogP) is 2.65. The van der Waals surface area contributed by atoms with E-state index in [9.17, 15) is 0 Å². The molecular formula is C17H23N3O. The number of aromatic nitrogens is 2. The van der Waals surface area contributed by atoms with Gasteiger partial charge in [-0.2, -0.15) is 5.10 Å². The molecule has 1 aromatic carbocycles. The molecule has 0 saturated carbocycles. The van der Waals surface area contributed by atoms with Crippen LogP contribution in [0, 0.1) is 5.92 Å². The molecular weight excluding hydrogens is 262 g/mol.